The second kappa shape index (κ2) is 7.63. The van der Waals surface area contributed by atoms with Gasteiger partial charge in [0.2, 0.25) is 5.91 Å². The lowest BCUT2D eigenvalue weighted by atomic mass is 10.1. The molecule has 0 aliphatic heterocycles. The van der Waals surface area contributed by atoms with Crippen LogP contribution >= 0.6 is 0 Å². The monoisotopic (exact) mass is 331 g/mol. The molecule has 0 radical (unpaired) electrons. The first-order valence-electron chi connectivity index (χ1n) is 7.56. The van der Waals surface area contributed by atoms with Crippen molar-refractivity contribution in [1.29, 1.82) is 0 Å². The van der Waals surface area contributed by atoms with E-state index in [1.165, 1.54) is 0 Å². The molecule has 1 amide bonds. The molecule has 0 atom stereocenters. The summed E-state index contributed by atoms with van der Waals surface area (Å²) >= 11 is 0. The van der Waals surface area contributed by atoms with Gasteiger partial charge in [0.05, 0.1) is 12.1 Å². The lowest BCUT2D eigenvalue weighted by Crippen LogP contribution is -2.25. The van der Waals surface area contributed by atoms with Crippen molar-refractivity contribution >= 4 is 11.9 Å². The molecule has 1 heterocycles. The number of nitrogens with one attached hydrogen (secondary N) is 1. The molecule has 7 nitrogen and oxygen atoms in total. The Balaban J connectivity index is 1.92. The van der Waals surface area contributed by atoms with Crippen LogP contribution in [0.4, 0.5) is 0 Å². The van der Waals surface area contributed by atoms with E-state index in [4.69, 9.17) is 9.84 Å². The fraction of sp³-hybridized carbons (Fsp3) is 0.353. The standard InChI is InChI=1S/C17H21N3O4/c1-11-15(12(2)20(3)19-11)8-16(21)18-9-13-5-4-6-14(7-13)24-10-17(22)23/h4-7H,8-10H2,1-3H3,(H,18,21)(H,22,23). The Morgan fingerprint density at radius 2 is 2.08 bits per heavy atom. The molecule has 0 aliphatic rings. The maximum absolute atomic E-state index is 12.1. The van der Waals surface area contributed by atoms with Crippen LogP contribution in [0.3, 0.4) is 0 Å². The summed E-state index contributed by atoms with van der Waals surface area (Å²) in [5, 5.41) is 15.8. The third-order valence-electron chi connectivity index (χ3n) is 3.75. The Hall–Kier alpha value is -2.83. The number of aryl methyl sites for hydroxylation is 2. The Labute approximate surface area is 140 Å². The lowest BCUT2D eigenvalue weighted by Gasteiger charge is -2.08. The minimum absolute atomic E-state index is 0.0916. The minimum Gasteiger partial charge on any atom is -0.482 e. The predicted molar refractivity (Wildman–Crippen MR) is 87.8 cm³/mol. The van der Waals surface area contributed by atoms with Crippen molar-refractivity contribution in [2.75, 3.05) is 6.61 Å². The van der Waals surface area contributed by atoms with Crippen LogP contribution in [0.2, 0.25) is 0 Å². The Morgan fingerprint density at radius 3 is 2.71 bits per heavy atom. The molecule has 24 heavy (non-hydrogen) atoms. The number of carboxylic acids is 1. The number of aromatic nitrogens is 2. The van der Waals surface area contributed by atoms with E-state index in [9.17, 15) is 9.59 Å². The van der Waals surface area contributed by atoms with E-state index >= 15 is 0 Å². The molecule has 1 aromatic carbocycles. The zero-order valence-corrected chi connectivity index (χ0v) is 14.0. The molecule has 2 N–H and O–H groups in total. The highest BCUT2D eigenvalue weighted by atomic mass is 16.5. The third-order valence-corrected chi connectivity index (χ3v) is 3.75. The van der Waals surface area contributed by atoms with Crippen LogP contribution in [0.15, 0.2) is 24.3 Å². The van der Waals surface area contributed by atoms with Crippen molar-refractivity contribution in [2.24, 2.45) is 7.05 Å². The summed E-state index contributed by atoms with van der Waals surface area (Å²) in [5.41, 5.74) is 3.61. The fourth-order valence-corrected chi connectivity index (χ4v) is 2.39. The number of aliphatic carboxylic acids is 1. The van der Waals surface area contributed by atoms with Gasteiger partial charge < -0.3 is 15.2 Å². The van der Waals surface area contributed by atoms with Crippen LogP contribution in [0, 0.1) is 13.8 Å². The number of carboxylic acid groups (broad SMARTS) is 1. The zero-order valence-electron chi connectivity index (χ0n) is 14.0. The molecule has 0 aliphatic carbocycles. The number of hydrogen-bond acceptors (Lipinski definition) is 4. The Bertz CT molecular complexity index is 752. The van der Waals surface area contributed by atoms with Gasteiger partial charge in [-0.2, -0.15) is 5.10 Å². The maximum Gasteiger partial charge on any atom is 0.341 e. The summed E-state index contributed by atoms with van der Waals surface area (Å²) in [6, 6.07) is 6.99. The highest BCUT2D eigenvalue weighted by molar-refractivity contribution is 5.79. The van der Waals surface area contributed by atoms with E-state index in [0.717, 1.165) is 22.5 Å². The number of ether oxygens (including phenoxy) is 1. The predicted octanol–water partition coefficient (Wildman–Crippen LogP) is 1.36. The molecule has 0 spiro atoms. The molecule has 0 bridgehead atoms. The first-order valence-corrected chi connectivity index (χ1v) is 7.56. The van der Waals surface area contributed by atoms with Crippen LogP contribution in [0.1, 0.15) is 22.5 Å². The van der Waals surface area contributed by atoms with E-state index < -0.39 is 12.6 Å². The molecule has 1 aromatic heterocycles. The molecule has 2 rings (SSSR count). The number of carbonyl (C=O) groups is 2. The van der Waals surface area contributed by atoms with Gasteiger partial charge in [0.1, 0.15) is 5.75 Å². The molecule has 2 aromatic rings. The third kappa shape index (κ3) is 4.58. The maximum atomic E-state index is 12.1. The van der Waals surface area contributed by atoms with Gasteiger partial charge in [0, 0.05) is 24.8 Å². The second-order valence-electron chi connectivity index (χ2n) is 5.56. The summed E-state index contributed by atoms with van der Waals surface area (Å²) in [6.45, 7) is 3.78. The fourth-order valence-electron chi connectivity index (χ4n) is 2.39. The highest BCUT2D eigenvalue weighted by Crippen LogP contribution is 2.14. The summed E-state index contributed by atoms with van der Waals surface area (Å²) in [4.78, 5) is 22.7. The van der Waals surface area contributed by atoms with E-state index in [1.807, 2.05) is 27.0 Å². The van der Waals surface area contributed by atoms with Gasteiger partial charge in [0.25, 0.3) is 0 Å². The first-order chi connectivity index (χ1) is 11.4. The van der Waals surface area contributed by atoms with E-state index in [0.29, 0.717) is 12.3 Å². The van der Waals surface area contributed by atoms with Crippen LogP contribution in [0.25, 0.3) is 0 Å². The number of carbonyl (C=O) groups excluding carboxylic acids is 1. The van der Waals surface area contributed by atoms with Gasteiger partial charge >= 0.3 is 5.97 Å². The van der Waals surface area contributed by atoms with Gasteiger partial charge in [0.15, 0.2) is 6.61 Å². The number of rotatable bonds is 7. The molecule has 0 saturated carbocycles. The SMILES string of the molecule is Cc1nn(C)c(C)c1CC(=O)NCc1cccc(OCC(=O)O)c1. The van der Waals surface area contributed by atoms with E-state index in [2.05, 4.69) is 10.4 Å². The summed E-state index contributed by atoms with van der Waals surface area (Å²) in [7, 11) is 1.85. The van der Waals surface area contributed by atoms with Crippen molar-refractivity contribution in [3.05, 3.63) is 46.8 Å². The second-order valence-corrected chi connectivity index (χ2v) is 5.56. The molecule has 0 saturated heterocycles. The van der Waals surface area contributed by atoms with Crippen molar-refractivity contribution in [3.8, 4) is 5.75 Å². The summed E-state index contributed by atoms with van der Waals surface area (Å²) in [5.74, 6) is -0.662. The van der Waals surface area contributed by atoms with Gasteiger partial charge in [-0.05, 0) is 31.5 Å². The molecule has 7 heteroatoms. The average Bonchev–Trinajstić information content (AvgIpc) is 2.78. The van der Waals surface area contributed by atoms with E-state index in [1.54, 1.807) is 22.9 Å². The molecule has 0 fully saturated rings. The highest BCUT2D eigenvalue weighted by Gasteiger charge is 2.13. The van der Waals surface area contributed by atoms with Gasteiger partial charge in [-0.1, -0.05) is 12.1 Å². The van der Waals surface area contributed by atoms with Crippen LogP contribution in [-0.2, 0) is 29.6 Å². The average molecular weight is 331 g/mol. The van der Waals surface area contributed by atoms with Crippen LogP contribution in [-0.4, -0.2) is 33.4 Å². The quantitative estimate of drug-likeness (QED) is 0.799. The van der Waals surface area contributed by atoms with Crippen molar-refractivity contribution < 1.29 is 19.4 Å². The van der Waals surface area contributed by atoms with Gasteiger partial charge in [-0.15, -0.1) is 0 Å². The van der Waals surface area contributed by atoms with Crippen molar-refractivity contribution in [2.45, 2.75) is 26.8 Å². The number of benzene rings is 1. The van der Waals surface area contributed by atoms with Crippen molar-refractivity contribution in [3.63, 3.8) is 0 Å². The summed E-state index contributed by atoms with van der Waals surface area (Å²) in [6.07, 6.45) is 0.278. The Kier molecular flexibility index (Phi) is 5.57. The Morgan fingerprint density at radius 1 is 1.33 bits per heavy atom. The molecule has 128 valence electrons. The van der Waals surface area contributed by atoms with Crippen molar-refractivity contribution in [1.82, 2.24) is 15.1 Å². The minimum atomic E-state index is -1.03. The van der Waals surface area contributed by atoms with E-state index in [-0.39, 0.29) is 12.3 Å². The van der Waals surface area contributed by atoms with Crippen LogP contribution < -0.4 is 10.1 Å². The number of amides is 1. The van der Waals surface area contributed by atoms with Gasteiger partial charge in [-0.25, -0.2) is 4.79 Å². The zero-order chi connectivity index (χ0) is 17.7. The summed E-state index contributed by atoms with van der Waals surface area (Å²) < 4.78 is 6.89. The normalized spacial score (nSPS) is 10.5. The number of nitrogens with zero attached hydrogens (tertiary/aromatic N) is 2. The topological polar surface area (TPSA) is 93.5 Å². The van der Waals surface area contributed by atoms with Crippen LogP contribution in [0.5, 0.6) is 5.75 Å². The molecule has 0 unspecified atom stereocenters. The number of hydrogen-bond donors (Lipinski definition) is 2. The smallest absolute Gasteiger partial charge is 0.341 e. The lowest BCUT2D eigenvalue weighted by molar-refractivity contribution is -0.139. The molecular weight excluding hydrogens is 310 g/mol. The largest absolute Gasteiger partial charge is 0.482 e. The van der Waals surface area contributed by atoms with Gasteiger partial charge in [-0.3, -0.25) is 9.48 Å². The first kappa shape index (κ1) is 17.5. The molecular formula is C17H21N3O4.